The number of carbonyl (C=O) groups is 1. The molecule has 0 amide bonds. The third-order valence-corrected chi connectivity index (χ3v) is 5.16. The van der Waals surface area contributed by atoms with E-state index in [1.54, 1.807) is 0 Å². The summed E-state index contributed by atoms with van der Waals surface area (Å²) in [5.74, 6) is -0.401. The quantitative estimate of drug-likeness (QED) is 0.209. The van der Waals surface area contributed by atoms with Crippen LogP contribution in [0.5, 0.6) is 0 Å². The van der Waals surface area contributed by atoms with Crippen LogP contribution < -0.4 is 0 Å². The van der Waals surface area contributed by atoms with Crippen molar-refractivity contribution in [3.05, 3.63) is 12.2 Å². The van der Waals surface area contributed by atoms with E-state index >= 15 is 0 Å². The maximum atomic E-state index is 11.9. The minimum atomic E-state index is -1.14. The van der Waals surface area contributed by atoms with E-state index in [0.717, 1.165) is 32.1 Å². The summed E-state index contributed by atoms with van der Waals surface area (Å²) in [5, 5.41) is 28.6. The molecule has 0 aromatic heterocycles. The molecule has 6 nitrogen and oxygen atoms in total. The molecule has 0 spiro atoms. The summed E-state index contributed by atoms with van der Waals surface area (Å²) in [6.07, 6.45) is 13.6. The summed E-state index contributed by atoms with van der Waals surface area (Å²) < 4.78 is 10.4. The Balaban J connectivity index is 1.99. The number of ether oxygens (including phenoxy) is 2. The third-order valence-electron chi connectivity index (χ3n) is 5.16. The van der Waals surface area contributed by atoms with Crippen molar-refractivity contribution in [1.29, 1.82) is 0 Å². The molecule has 0 unspecified atom stereocenters. The van der Waals surface area contributed by atoms with Crippen LogP contribution in [0.1, 0.15) is 84.0 Å². The molecule has 0 saturated carbocycles. The second-order valence-corrected chi connectivity index (χ2v) is 7.69. The van der Waals surface area contributed by atoms with Gasteiger partial charge in [-0.25, -0.2) is 0 Å². The van der Waals surface area contributed by atoms with E-state index in [9.17, 15) is 20.1 Å². The highest BCUT2D eigenvalue weighted by Crippen LogP contribution is 2.20. The number of aliphatic hydroxyl groups is 3. The van der Waals surface area contributed by atoms with Crippen LogP contribution in [0, 0.1) is 0 Å². The molecule has 0 aromatic rings. The fourth-order valence-corrected chi connectivity index (χ4v) is 3.38. The summed E-state index contributed by atoms with van der Waals surface area (Å²) in [4.78, 5) is 11.9. The van der Waals surface area contributed by atoms with Gasteiger partial charge >= 0.3 is 5.97 Å². The summed E-state index contributed by atoms with van der Waals surface area (Å²) in [6.45, 7) is 1.77. The van der Waals surface area contributed by atoms with E-state index in [-0.39, 0.29) is 6.61 Å². The maximum Gasteiger partial charge on any atom is 0.306 e. The Labute approximate surface area is 169 Å². The first-order valence-electron chi connectivity index (χ1n) is 11.0. The molecule has 3 N–H and O–H groups in total. The average Bonchev–Trinajstić information content (AvgIpc) is 3.02. The van der Waals surface area contributed by atoms with Gasteiger partial charge in [0.25, 0.3) is 0 Å². The van der Waals surface area contributed by atoms with Gasteiger partial charge in [-0.3, -0.25) is 4.79 Å². The van der Waals surface area contributed by atoms with E-state index in [2.05, 4.69) is 19.1 Å². The normalized spacial score (nSPS) is 23.4. The molecule has 1 aliphatic heterocycles. The van der Waals surface area contributed by atoms with Crippen molar-refractivity contribution in [2.75, 3.05) is 13.2 Å². The van der Waals surface area contributed by atoms with Gasteiger partial charge in [0.1, 0.15) is 18.3 Å². The molecular formula is C22H40O6. The Morgan fingerprint density at radius 3 is 2.21 bits per heavy atom. The van der Waals surface area contributed by atoms with Gasteiger partial charge in [0.05, 0.1) is 13.2 Å². The second-order valence-electron chi connectivity index (χ2n) is 7.69. The van der Waals surface area contributed by atoms with E-state index in [4.69, 9.17) is 9.47 Å². The maximum absolute atomic E-state index is 11.9. The number of hydrogen-bond donors (Lipinski definition) is 3. The monoisotopic (exact) mass is 400 g/mol. The Bertz CT molecular complexity index is 425. The van der Waals surface area contributed by atoms with Crippen molar-refractivity contribution < 1.29 is 29.6 Å². The van der Waals surface area contributed by atoms with Gasteiger partial charge in [-0.1, -0.05) is 57.6 Å². The van der Waals surface area contributed by atoms with Gasteiger partial charge in [0.15, 0.2) is 6.10 Å². The number of aliphatic hydroxyl groups excluding tert-OH is 3. The van der Waals surface area contributed by atoms with E-state index in [1.165, 1.54) is 38.5 Å². The summed E-state index contributed by atoms with van der Waals surface area (Å²) in [6, 6.07) is 0. The molecule has 164 valence electrons. The van der Waals surface area contributed by atoms with Crippen LogP contribution in [0.4, 0.5) is 0 Å². The van der Waals surface area contributed by atoms with Crippen LogP contribution in [-0.4, -0.2) is 58.9 Å². The highest BCUT2D eigenvalue weighted by Gasteiger charge is 2.41. The van der Waals surface area contributed by atoms with E-state index in [0.29, 0.717) is 6.42 Å². The number of carbonyl (C=O) groups excluding carboxylic acids is 1. The zero-order valence-corrected chi connectivity index (χ0v) is 17.4. The molecule has 28 heavy (non-hydrogen) atoms. The Kier molecular flexibility index (Phi) is 14.3. The smallest absolute Gasteiger partial charge is 0.306 e. The molecule has 1 saturated heterocycles. The Morgan fingerprint density at radius 2 is 1.64 bits per heavy atom. The Morgan fingerprint density at radius 1 is 1.04 bits per heavy atom. The number of hydrogen-bond acceptors (Lipinski definition) is 6. The highest BCUT2D eigenvalue weighted by molar-refractivity contribution is 5.69. The van der Waals surface area contributed by atoms with Crippen molar-refractivity contribution in [3.8, 4) is 0 Å². The molecule has 4 atom stereocenters. The first-order valence-corrected chi connectivity index (χ1v) is 11.0. The van der Waals surface area contributed by atoms with E-state index < -0.39 is 37.0 Å². The Hall–Kier alpha value is -0.950. The molecule has 1 aliphatic rings. The number of rotatable bonds is 16. The molecule has 0 radical (unpaired) electrons. The third kappa shape index (κ3) is 10.6. The van der Waals surface area contributed by atoms with Gasteiger partial charge in [-0.15, -0.1) is 0 Å². The zero-order valence-electron chi connectivity index (χ0n) is 17.4. The summed E-state index contributed by atoms with van der Waals surface area (Å²) in [5.41, 5.74) is 0. The molecule has 1 rings (SSSR count). The lowest BCUT2D eigenvalue weighted by molar-refractivity contribution is -0.162. The molecule has 0 aromatic carbocycles. The number of allylic oxidation sites excluding steroid dienone is 2. The predicted molar refractivity (Wildman–Crippen MR) is 109 cm³/mol. The van der Waals surface area contributed by atoms with Crippen LogP contribution in [-0.2, 0) is 14.3 Å². The van der Waals surface area contributed by atoms with Crippen molar-refractivity contribution in [2.24, 2.45) is 0 Å². The van der Waals surface area contributed by atoms with Crippen molar-refractivity contribution in [1.82, 2.24) is 0 Å². The van der Waals surface area contributed by atoms with Crippen molar-refractivity contribution in [3.63, 3.8) is 0 Å². The van der Waals surface area contributed by atoms with Gasteiger partial charge in [0, 0.05) is 6.42 Å². The van der Waals surface area contributed by atoms with Crippen molar-refractivity contribution >= 4 is 5.97 Å². The zero-order chi connectivity index (χ0) is 20.6. The lowest BCUT2D eigenvalue weighted by Crippen LogP contribution is -2.43. The fourth-order valence-electron chi connectivity index (χ4n) is 3.38. The number of esters is 1. The first kappa shape index (κ1) is 25.1. The van der Waals surface area contributed by atoms with Gasteiger partial charge < -0.3 is 24.8 Å². The largest absolute Gasteiger partial charge is 0.457 e. The van der Waals surface area contributed by atoms with Crippen LogP contribution in [0.25, 0.3) is 0 Å². The van der Waals surface area contributed by atoms with Crippen LogP contribution in [0.3, 0.4) is 0 Å². The van der Waals surface area contributed by atoms with E-state index in [1.807, 2.05) is 0 Å². The second kappa shape index (κ2) is 15.9. The minimum absolute atomic E-state index is 0.0199. The lowest BCUT2D eigenvalue weighted by Gasteiger charge is -2.24. The fraction of sp³-hybridized carbons (Fsp3) is 0.864. The molecule has 1 fully saturated rings. The molecule has 1 heterocycles. The topological polar surface area (TPSA) is 96.2 Å². The van der Waals surface area contributed by atoms with Gasteiger partial charge in [-0.2, -0.15) is 0 Å². The predicted octanol–water partition coefficient (Wildman–Crippen LogP) is 3.27. The van der Waals surface area contributed by atoms with Gasteiger partial charge in [0.2, 0.25) is 0 Å². The molecule has 0 bridgehead atoms. The minimum Gasteiger partial charge on any atom is -0.457 e. The molecule has 0 aliphatic carbocycles. The van der Waals surface area contributed by atoms with Crippen molar-refractivity contribution in [2.45, 2.75) is 108 Å². The number of unbranched alkanes of at least 4 members (excludes halogenated alkanes) is 9. The van der Waals surface area contributed by atoms with Crippen LogP contribution in [0.15, 0.2) is 12.2 Å². The summed E-state index contributed by atoms with van der Waals surface area (Å²) >= 11 is 0. The first-order chi connectivity index (χ1) is 13.6. The molecular weight excluding hydrogens is 360 g/mol. The summed E-state index contributed by atoms with van der Waals surface area (Å²) in [7, 11) is 0. The van der Waals surface area contributed by atoms with Gasteiger partial charge in [-0.05, 0) is 32.1 Å². The highest BCUT2D eigenvalue weighted by atomic mass is 16.6. The van der Waals surface area contributed by atoms with Crippen LogP contribution in [0.2, 0.25) is 0 Å². The standard InChI is InChI=1S/C22H40O6/c1-2-3-4-5-6-7-8-9-10-11-12-13-14-15-20(25)28-19(16-23)22-21(26)18(24)17-27-22/h7-8,18-19,21-24,26H,2-6,9-17H2,1H3/b8-7-/t18-,19+,21+,22+/m0/s1. The SMILES string of the molecule is CCCCCC/C=C\CCCCCCCC(=O)O[C@H](CO)[C@H]1OC[C@H](O)[C@H]1O. The average molecular weight is 401 g/mol. The lowest BCUT2D eigenvalue weighted by atomic mass is 10.1. The van der Waals surface area contributed by atoms with Crippen LogP contribution >= 0.6 is 0 Å². The molecule has 6 heteroatoms.